The number of carbonyl (C=O) groups excluding carboxylic acids is 1. The number of benzene rings is 2. The van der Waals surface area contributed by atoms with Gasteiger partial charge in [-0.3, -0.25) is 9.59 Å². The van der Waals surface area contributed by atoms with E-state index in [1.54, 1.807) is 25.1 Å². The van der Waals surface area contributed by atoms with Crippen molar-refractivity contribution in [3.63, 3.8) is 0 Å². The number of carbonyl (C=O) groups is 1. The Kier molecular flexibility index (Phi) is 4.60. The molecular weight excluding hydrogens is 360 g/mol. The lowest BCUT2D eigenvalue weighted by molar-refractivity contribution is -0.133. The summed E-state index contributed by atoms with van der Waals surface area (Å²) in [7, 11) is 0. The summed E-state index contributed by atoms with van der Waals surface area (Å²) in [6.07, 6.45) is 0.206. The number of aryl methyl sites for hydroxylation is 1. The summed E-state index contributed by atoms with van der Waals surface area (Å²) in [4.78, 5) is 25.0. The molecule has 0 radical (unpaired) electrons. The van der Waals surface area contributed by atoms with Crippen molar-refractivity contribution >= 4 is 28.3 Å². The van der Waals surface area contributed by atoms with Crippen LogP contribution in [-0.4, -0.2) is 5.97 Å². The van der Waals surface area contributed by atoms with E-state index in [-0.39, 0.29) is 17.8 Å². The Balaban J connectivity index is 1.67. The number of hydrogen-bond donors (Lipinski definition) is 0. The minimum atomic E-state index is -0.354. The summed E-state index contributed by atoms with van der Waals surface area (Å²) in [6, 6.07) is 16.2. The van der Waals surface area contributed by atoms with Crippen molar-refractivity contribution in [2.75, 3.05) is 0 Å². The van der Waals surface area contributed by atoms with E-state index in [4.69, 9.17) is 9.15 Å². The summed E-state index contributed by atoms with van der Waals surface area (Å²) in [5, 5.41) is 4.28. The zero-order valence-electron chi connectivity index (χ0n) is 14.6. The van der Waals surface area contributed by atoms with Gasteiger partial charge in [0.25, 0.3) is 0 Å². The fourth-order valence-electron chi connectivity index (χ4n) is 3.02. The highest BCUT2D eigenvalue weighted by Crippen LogP contribution is 2.26. The van der Waals surface area contributed by atoms with Gasteiger partial charge in [0.15, 0.2) is 0 Å². The van der Waals surface area contributed by atoms with Crippen LogP contribution < -0.4 is 10.2 Å². The molecule has 0 bridgehead atoms. The van der Waals surface area contributed by atoms with Gasteiger partial charge in [0.05, 0.1) is 17.4 Å². The summed E-state index contributed by atoms with van der Waals surface area (Å²) < 4.78 is 11.3. The molecule has 0 unspecified atom stereocenters. The lowest BCUT2D eigenvalue weighted by Gasteiger charge is -2.08. The molecule has 0 amide bonds. The number of esters is 1. The molecule has 2 aromatic heterocycles. The van der Waals surface area contributed by atoms with Crippen LogP contribution in [-0.2, 0) is 11.2 Å². The highest BCUT2D eigenvalue weighted by Gasteiger charge is 2.15. The molecule has 0 atom stereocenters. The van der Waals surface area contributed by atoms with Gasteiger partial charge in [-0.1, -0.05) is 30.3 Å². The molecule has 2 aromatic carbocycles. The molecule has 0 aliphatic carbocycles. The molecule has 4 nitrogen and oxygen atoms in total. The first-order valence-electron chi connectivity index (χ1n) is 8.46. The Bertz CT molecular complexity index is 1160. The molecule has 4 aromatic rings. The summed E-state index contributed by atoms with van der Waals surface area (Å²) in [5.41, 5.74) is 2.58. The highest BCUT2D eigenvalue weighted by molar-refractivity contribution is 7.08. The molecule has 0 aliphatic heterocycles. The second-order valence-electron chi connectivity index (χ2n) is 6.17. The molecule has 27 heavy (non-hydrogen) atoms. The summed E-state index contributed by atoms with van der Waals surface area (Å²) >= 11 is 1.53. The maximum atomic E-state index is 12.9. The van der Waals surface area contributed by atoms with Gasteiger partial charge < -0.3 is 9.15 Å². The first-order chi connectivity index (χ1) is 13.1. The van der Waals surface area contributed by atoms with Gasteiger partial charge in [-0.2, -0.15) is 11.3 Å². The number of hydrogen-bond acceptors (Lipinski definition) is 5. The molecule has 0 N–H and O–H groups in total. The van der Waals surface area contributed by atoms with Gasteiger partial charge in [0.2, 0.25) is 5.43 Å². The van der Waals surface area contributed by atoms with Gasteiger partial charge >= 0.3 is 5.97 Å². The van der Waals surface area contributed by atoms with Gasteiger partial charge in [-0.15, -0.1) is 0 Å². The predicted molar refractivity (Wildman–Crippen MR) is 106 cm³/mol. The number of ether oxygens (including phenoxy) is 1. The summed E-state index contributed by atoms with van der Waals surface area (Å²) in [6.45, 7) is 1.76. The van der Waals surface area contributed by atoms with E-state index in [0.29, 0.717) is 28.0 Å². The Morgan fingerprint density at radius 1 is 1.11 bits per heavy atom. The smallest absolute Gasteiger partial charge is 0.315 e. The van der Waals surface area contributed by atoms with Crippen LogP contribution in [0.25, 0.3) is 22.1 Å². The standard InChI is InChI=1S/C22H16O4S/c1-14-21(16-5-3-2-4-6-16)22(24)18-8-7-17(12-19(18)25-14)26-20(23)11-15-9-10-27-13-15/h2-10,12-13H,11H2,1H3. The Morgan fingerprint density at radius 3 is 2.67 bits per heavy atom. The molecule has 2 heterocycles. The van der Waals surface area contributed by atoms with Crippen LogP contribution in [0.4, 0.5) is 0 Å². The van der Waals surface area contributed by atoms with Crippen molar-refractivity contribution in [1.82, 2.24) is 0 Å². The van der Waals surface area contributed by atoms with Crippen LogP contribution >= 0.6 is 11.3 Å². The molecule has 0 saturated carbocycles. The third-order valence-electron chi connectivity index (χ3n) is 4.26. The monoisotopic (exact) mass is 376 g/mol. The van der Waals surface area contributed by atoms with Crippen molar-refractivity contribution in [2.24, 2.45) is 0 Å². The maximum Gasteiger partial charge on any atom is 0.315 e. The van der Waals surface area contributed by atoms with Gasteiger partial charge in [-0.05, 0) is 47.0 Å². The normalized spacial score (nSPS) is 10.9. The summed E-state index contributed by atoms with van der Waals surface area (Å²) in [5.74, 6) is 0.533. The third-order valence-corrected chi connectivity index (χ3v) is 4.99. The topological polar surface area (TPSA) is 56.5 Å². The molecule has 0 saturated heterocycles. The number of fused-ring (bicyclic) bond motifs is 1. The van der Waals surface area contributed by atoms with Crippen molar-refractivity contribution in [2.45, 2.75) is 13.3 Å². The van der Waals surface area contributed by atoms with E-state index in [2.05, 4.69) is 0 Å². The van der Waals surface area contributed by atoms with Crippen LogP contribution in [0.2, 0.25) is 0 Å². The van der Waals surface area contributed by atoms with Crippen LogP contribution in [0, 0.1) is 6.92 Å². The molecule has 134 valence electrons. The van der Waals surface area contributed by atoms with E-state index in [1.165, 1.54) is 11.3 Å². The molecule has 4 rings (SSSR count). The van der Waals surface area contributed by atoms with Gasteiger partial charge in [-0.25, -0.2) is 0 Å². The minimum Gasteiger partial charge on any atom is -0.460 e. The van der Waals surface area contributed by atoms with Crippen molar-refractivity contribution in [1.29, 1.82) is 0 Å². The SMILES string of the molecule is Cc1oc2cc(OC(=O)Cc3ccsc3)ccc2c(=O)c1-c1ccccc1. The molecular formula is C22H16O4S. The maximum absolute atomic E-state index is 12.9. The van der Waals surface area contributed by atoms with E-state index in [0.717, 1.165) is 11.1 Å². The molecule has 5 heteroatoms. The van der Waals surface area contributed by atoms with Crippen LogP contribution in [0.3, 0.4) is 0 Å². The Hall–Kier alpha value is -3.18. The lowest BCUT2D eigenvalue weighted by atomic mass is 10.0. The average Bonchev–Trinajstić information content (AvgIpc) is 3.15. The number of thiophene rings is 1. The second kappa shape index (κ2) is 7.21. The largest absolute Gasteiger partial charge is 0.460 e. The van der Waals surface area contributed by atoms with E-state index in [9.17, 15) is 9.59 Å². The van der Waals surface area contributed by atoms with Crippen molar-refractivity contribution in [3.05, 3.63) is 86.9 Å². The van der Waals surface area contributed by atoms with Gasteiger partial charge in [0.1, 0.15) is 17.1 Å². The van der Waals surface area contributed by atoms with E-state index in [1.807, 2.05) is 47.2 Å². The number of rotatable bonds is 4. The van der Waals surface area contributed by atoms with Gasteiger partial charge in [0, 0.05) is 6.07 Å². The minimum absolute atomic E-state index is 0.101. The zero-order chi connectivity index (χ0) is 18.8. The fraction of sp³-hybridized carbons (Fsp3) is 0.0909. The zero-order valence-corrected chi connectivity index (χ0v) is 15.4. The van der Waals surface area contributed by atoms with Crippen molar-refractivity contribution < 1.29 is 13.9 Å². The van der Waals surface area contributed by atoms with Crippen LogP contribution in [0.15, 0.2) is 74.6 Å². The Morgan fingerprint density at radius 2 is 1.93 bits per heavy atom. The molecule has 0 aliphatic rings. The first-order valence-corrected chi connectivity index (χ1v) is 9.41. The predicted octanol–water partition coefficient (Wildman–Crippen LogP) is 4.98. The fourth-order valence-corrected chi connectivity index (χ4v) is 3.68. The molecule has 0 spiro atoms. The van der Waals surface area contributed by atoms with E-state index >= 15 is 0 Å². The van der Waals surface area contributed by atoms with E-state index < -0.39 is 0 Å². The Labute approximate surface area is 159 Å². The van der Waals surface area contributed by atoms with Crippen LogP contribution in [0.1, 0.15) is 11.3 Å². The third kappa shape index (κ3) is 3.55. The molecule has 0 fully saturated rings. The first kappa shape index (κ1) is 17.2. The quantitative estimate of drug-likeness (QED) is 0.372. The average molecular weight is 376 g/mol. The highest BCUT2D eigenvalue weighted by atomic mass is 32.1. The second-order valence-corrected chi connectivity index (χ2v) is 6.95. The van der Waals surface area contributed by atoms with Crippen molar-refractivity contribution in [3.8, 4) is 16.9 Å². The van der Waals surface area contributed by atoms with Crippen LogP contribution in [0.5, 0.6) is 5.75 Å². The lowest BCUT2D eigenvalue weighted by Crippen LogP contribution is -2.11.